The van der Waals surface area contributed by atoms with Crippen LogP contribution in [0.5, 0.6) is 11.5 Å². The summed E-state index contributed by atoms with van der Waals surface area (Å²) in [4.78, 5) is 23.6. The summed E-state index contributed by atoms with van der Waals surface area (Å²) >= 11 is 0. The van der Waals surface area contributed by atoms with Crippen LogP contribution in [0.3, 0.4) is 0 Å². The number of amides is 1. The third-order valence-electron chi connectivity index (χ3n) is 7.15. The van der Waals surface area contributed by atoms with Gasteiger partial charge in [-0.05, 0) is 68.0 Å². The Hall–Kier alpha value is -4.78. The number of nitriles is 1. The second-order valence-electron chi connectivity index (χ2n) is 9.87. The molecule has 1 atom stereocenters. The number of benzene rings is 2. The lowest BCUT2D eigenvalue weighted by molar-refractivity contribution is -0.127. The lowest BCUT2D eigenvalue weighted by Crippen LogP contribution is -2.39. The number of nitrogens with two attached hydrogens (primary N) is 1. The molecule has 1 aliphatic carbocycles. The van der Waals surface area contributed by atoms with Crippen LogP contribution in [0.2, 0.25) is 0 Å². The molecule has 6 rings (SSSR count). The molecule has 3 heterocycles. The number of carbonyl (C=O) groups excluding carboxylic acids is 1. The molecule has 1 saturated carbocycles. The van der Waals surface area contributed by atoms with Crippen molar-refractivity contribution in [3.63, 3.8) is 0 Å². The number of hydrogen-bond donors (Lipinski definition) is 1. The lowest BCUT2D eigenvalue weighted by Gasteiger charge is -2.24. The van der Waals surface area contributed by atoms with Gasteiger partial charge in [-0.25, -0.2) is 19.0 Å². The van der Waals surface area contributed by atoms with E-state index in [1.165, 1.54) is 12.4 Å². The van der Waals surface area contributed by atoms with Gasteiger partial charge in [-0.3, -0.25) is 4.79 Å². The fraction of sp³-hybridized carbons (Fsp3) is 0.276. The third-order valence-corrected chi connectivity index (χ3v) is 7.15. The number of likely N-dealkylation sites (tertiary alicyclic amines) is 1. The Bertz CT molecular complexity index is 1620. The van der Waals surface area contributed by atoms with E-state index in [4.69, 9.17) is 15.6 Å². The lowest BCUT2D eigenvalue weighted by atomic mass is 10.1. The van der Waals surface area contributed by atoms with Gasteiger partial charge in [0.1, 0.15) is 35.2 Å². The first kappa shape index (κ1) is 24.6. The van der Waals surface area contributed by atoms with Crippen LogP contribution >= 0.6 is 0 Å². The zero-order valence-corrected chi connectivity index (χ0v) is 21.1. The molecule has 0 bridgehead atoms. The van der Waals surface area contributed by atoms with Crippen molar-refractivity contribution in [1.82, 2.24) is 24.6 Å². The molecule has 2 aromatic carbocycles. The second kappa shape index (κ2) is 10.2. The van der Waals surface area contributed by atoms with Gasteiger partial charge in [-0.2, -0.15) is 10.4 Å². The Balaban J connectivity index is 1.29. The molecule has 0 radical (unpaired) electrons. The Labute approximate surface area is 224 Å². The molecule has 2 aliphatic rings. The fourth-order valence-corrected chi connectivity index (χ4v) is 5.00. The highest BCUT2D eigenvalue weighted by Gasteiger charge is 2.33. The molecule has 2 aromatic heterocycles. The number of nitrogens with zero attached hydrogens (tertiary/aromatic N) is 6. The largest absolute Gasteiger partial charge is 0.454 e. The van der Waals surface area contributed by atoms with Crippen LogP contribution < -0.4 is 10.5 Å². The number of hydrogen-bond acceptors (Lipinski definition) is 7. The van der Waals surface area contributed by atoms with Gasteiger partial charge in [0.05, 0.1) is 18.0 Å². The minimum atomic E-state index is -0.444. The van der Waals surface area contributed by atoms with E-state index in [9.17, 15) is 14.4 Å². The summed E-state index contributed by atoms with van der Waals surface area (Å²) in [5, 5.41) is 15.0. The topological polar surface area (TPSA) is 123 Å². The van der Waals surface area contributed by atoms with Crippen molar-refractivity contribution < 1.29 is 13.9 Å². The number of carbonyl (C=O) groups is 1. The Morgan fingerprint density at radius 3 is 2.69 bits per heavy atom. The summed E-state index contributed by atoms with van der Waals surface area (Å²) in [6, 6.07) is 15.3. The van der Waals surface area contributed by atoms with Crippen LogP contribution in [0, 0.1) is 23.1 Å². The van der Waals surface area contributed by atoms with Crippen LogP contribution in [0.4, 0.5) is 10.2 Å². The number of para-hydroxylation sites is 1. The van der Waals surface area contributed by atoms with Crippen LogP contribution in [0.1, 0.15) is 25.7 Å². The van der Waals surface area contributed by atoms with Crippen LogP contribution in [-0.2, 0) is 11.3 Å². The van der Waals surface area contributed by atoms with Crippen molar-refractivity contribution in [2.75, 3.05) is 12.3 Å². The number of allylic oxidation sites excluding steroid dienone is 1. The summed E-state index contributed by atoms with van der Waals surface area (Å²) in [6.45, 7) is 1.01. The molecule has 0 unspecified atom stereocenters. The molecule has 2 N–H and O–H groups in total. The van der Waals surface area contributed by atoms with Gasteiger partial charge in [-0.15, -0.1) is 0 Å². The van der Waals surface area contributed by atoms with Crippen molar-refractivity contribution in [3.05, 3.63) is 72.3 Å². The summed E-state index contributed by atoms with van der Waals surface area (Å²) in [5.74, 6) is 0.588. The van der Waals surface area contributed by atoms with E-state index in [0.717, 1.165) is 31.2 Å². The number of fused-ring (bicyclic) bond motifs is 1. The van der Waals surface area contributed by atoms with E-state index >= 15 is 0 Å². The standard InChI is InChI=1S/C29H26FN7O2/c30-23-5-1-2-6-24(23)39-22-11-9-19(10-12-22)26-25-27(32)33-17-34-28(25)37(35-26)16-21-4-3-13-36(21)29(38)20(15-31)14-18-7-8-18/h1-2,5-6,9-12,14,17-18,21H,3-4,7-8,13,16H2,(H2,32,33,34)/b20-14+/t21-/m1/s1. The molecule has 196 valence electrons. The van der Waals surface area contributed by atoms with E-state index in [2.05, 4.69) is 16.0 Å². The maximum absolute atomic E-state index is 14.0. The van der Waals surface area contributed by atoms with Crippen molar-refractivity contribution in [1.29, 1.82) is 5.26 Å². The molecule has 1 amide bonds. The molecular weight excluding hydrogens is 497 g/mol. The van der Waals surface area contributed by atoms with Crippen LogP contribution in [0.25, 0.3) is 22.3 Å². The highest BCUT2D eigenvalue weighted by molar-refractivity contribution is 5.99. The first-order valence-corrected chi connectivity index (χ1v) is 12.9. The Kier molecular flexibility index (Phi) is 6.40. The molecule has 9 nitrogen and oxygen atoms in total. The van der Waals surface area contributed by atoms with Gasteiger partial charge >= 0.3 is 0 Å². The average Bonchev–Trinajstić information content (AvgIpc) is 3.52. The van der Waals surface area contributed by atoms with Crippen molar-refractivity contribution in [3.8, 4) is 28.8 Å². The minimum absolute atomic E-state index is 0.128. The smallest absolute Gasteiger partial charge is 0.264 e. The van der Waals surface area contributed by atoms with Crippen molar-refractivity contribution in [2.45, 2.75) is 38.3 Å². The number of ether oxygens (including phenoxy) is 1. The first-order valence-electron chi connectivity index (χ1n) is 12.9. The number of aromatic nitrogens is 4. The summed E-state index contributed by atoms with van der Waals surface area (Å²) in [6.07, 6.45) is 6.92. The van der Waals surface area contributed by atoms with Gasteiger partial charge in [0, 0.05) is 12.1 Å². The number of anilines is 1. The maximum Gasteiger partial charge on any atom is 0.264 e. The van der Waals surface area contributed by atoms with Gasteiger partial charge in [0.15, 0.2) is 17.2 Å². The fourth-order valence-electron chi connectivity index (χ4n) is 5.00. The van der Waals surface area contributed by atoms with E-state index in [1.54, 1.807) is 39.9 Å². The van der Waals surface area contributed by atoms with E-state index in [0.29, 0.717) is 47.3 Å². The van der Waals surface area contributed by atoms with Crippen molar-refractivity contribution in [2.24, 2.45) is 5.92 Å². The average molecular weight is 524 g/mol. The van der Waals surface area contributed by atoms with E-state index in [1.807, 2.05) is 18.2 Å². The first-order chi connectivity index (χ1) is 19.0. The van der Waals surface area contributed by atoms with Crippen LogP contribution in [-0.4, -0.2) is 43.1 Å². The summed E-state index contributed by atoms with van der Waals surface area (Å²) in [7, 11) is 0. The molecule has 10 heteroatoms. The van der Waals surface area contributed by atoms with Crippen LogP contribution in [0.15, 0.2) is 66.5 Å². The third kappa shape index (κ3) is 4.91. The zero-order chi connectivity index (χ0) is 26.9. The van der Waals surface area contributed by atoms with Gasteiger partial charge in [-0.1, -0.05) is 18.2 Å². The number of nitrogen functional groups attached to an aromatic ring is 1. The molecule has 1 aliphatic heterocycles. The summed E-state index contributed by atoms with van der Waals surface area (Å²) < 4.78 is 21.4. The molecule has 4 aromatic rings. The van der Waals surface area contributed by atoms with Gasteiger partial charge < -0.3 is 15.4 Å². The molecule has 1 saturated heterocycles. The molecule has 2 fully saturated rings. The molecule has 0 spiro atoms. The van der Waals surface area contributed by atoms with E-state index in [-0.39, 0.29) is 23.3 Å². The quantitative estimate of drug-likeness (QED) is 0.271. The molecule has 39 heavy (non-hydrogen) atoms. The second-order valence-corrected chi connectivity index (χ2v) is 9.87. The highest BCUT2D eigenvalue weighted by atomic mass is 19.1. The highest BCUT2D eigenvalue weighted by Crippen LogP contribution is 2.34. The normalized spacial score (nSPS) is 17.4. The number of halogens is 1. The SMILES string of the molecule is N#C/C(=C\C1CC1)C(=O)N1CCC[C@@H]1Cn1nc(-c2ccc(Oc3ccccc3F)cc2)c2c(N)ncnc21. The monoisotopic (exact) mass is 523 g/mol. The van der Waals surface area contributed by atoms with E-state index < -0.39 is 5.82 Å². The Morgan fingerprint density at radius 2 is 1.95 bits per heavy atom. The Morgan fingerprint density at radius 1 is 1.15 bits per heavy atom. The summed E-state index contributed by atoms with van der Waals surface area (Å²) in [5.41, 5.74) is 8.42. The zero-order valence-electron chi connectivity index (χ0n) is 21.1. The minimum Gasteiger partial charge on any atom is -0.454 e. The number of rotatable bonds is 7. The molecular formula is C29H26FN7O2. The van der Waals surface area contributed by atoms with Gasteiger partial charge in [0.25, 0.3) is 5.91 Å². The van der Waals surface area contributed by atoms with Crippen molar-refractivity contribution >= 4 is 22.8 Å². The predicted molar refractivity (Wildman–Crippen MR) is 143 cm³/mol. The van der Waals surface area contributed by atoms with Gasteiger partial charge in [0.2, 0.25) is 0 Å². The maximum atomic E-state index is 14.0. The predicted octanol–water partition coefficient (Wildman–Crippen LogP) is 4.86.